The number of aromatic nitrogens is 1. The summed E-state index contributed by atoms with van der Waals surface area (Å²) in [6.07, 6.45) is 0. The lowest BCUT2D eigenvalue weighted by atomic mass is 10.1. The number of sulfonamides is 1. The third kappa shape index (κ3) is 5.19. The Morgan fingerprint density at radius 3 is 2.24 bits per heavy atom. The second-order valence-corrected chi connectivity index (χ2v) is 9.61. The van der Waals surface area contributed by atoms with E-state index in [-0.39, 0.29) is 16.1 Å². The Morgan fingerprint density at radius 1 is 0.882 bits per heavy atom. The quantitative estimate of drug-likeness (QED) is 0.349. The summed E-state index contributed by atoms with van der Waals surface area (Å²) in [7, 11) is -3.94. The van der Waals surface area contributed by atoms with Gasteiger partial charge in [0.1, 0.15) is 5.56 Å². The second kappa shape index (κ2) is 9.54. The van der Waals surface area contributed by atoms with E-state index in [1.807, 2.05) is 30.3 Å². The number of rotatable bonds is 6. The van der Waals surface area contributed by atoms with Gasteiger partial charge in [0.15, 0.2) is 0 Å². The standard InChI is InChI=1S/C25H20ClN3O4S/c1-16-7-10-20(15-23(16)34(32,33)29-19-11-8-18(26)9-12-19)27-24(30)21-13-14-22(28-25(21)31)17-5-3-2-4-6-17/h2-15,29H,1H3,(H,27,30)(H,28,31). The summed E-state index contributed by atoms with van der Waals surface area (Å²) in [6.45, 7) is 1.65. The molecule has 0 radical (unpaired) electrons. The zero-order chi connectivity index (χ0) is 24.3. The van der Waals surface area contributed by atoms with Gasteiger partial charge in [0, 0.05) is 22.1 Å². The summed E-state index contributed by atoms with van der Waals surface area (Å²) in [4.78, 5) is 28.0. The molecule has 9 heteroatoms. The van der Waals surface area contributed by atoms with Crippen LogP contribution in [-0.2, 0) is 10.0 Å². The third-order valence-electron chi connectivity index (χ3n) is 5.07. The summed E-state index contributed by atoms with van der Waals surface area (Å²) in [5.74, 6) is -0.654. The van der Waals surface area contributed by atoms with Crippen LogP contribution in [0.15, 0.2) is 94.6 Å². The summed E-state index contributed by atoms with van der Waals surface area (Å²) in [5, 5.41) is 3.08. The first-order valence-electron chi connectivity index (χ1n) is 10.2. The number of pyridine rings is 1. The molecule has 0 saturated carbocycles. The zero-order valence-corrected chi connectivity index (χ0v) is 19.6. The molecular formula is C25H20ClN3O4S. The number of anilines is 2. The summed E-state index contributed by atoms with van der Waals surface area (Å²) in [6, 6.07) is 23.1. The molecule has 7 nitrogen and oxygen atoms in total. The van der Waals surface area contributed by atoms with Crippen LogP contribution in [0, 0.1) is 6.92 Å². The van der Waals surface area contributed by atoms with Crippen LogP contribution in [0.3, 0.4) is 0 Å². The van der Waals surface area contributed by atoms with E-state index in [4.69, 9.17) is 11.6 Å². The predicted molar refractivity (Wildman–Crippen MR) is 134 cm³/mol. The number of nitrogens with one attached hydrogen (secondary N) is 3. The van der Waals surface area contributed by atoms with Crippen LogP contribution < -0.4 is 15.6 Å². The van der Waals surface area contributed by atoms with Crippen LogP contribution in [0.25, 0.3) is 11.3 Å². The van der Waals surface area contributed by atoms with Crippen LogP contribution in [0.4, 0.5) is 11.4 Å². The highest BCUT2D eigenvalue weighted by molar-refractivity contribution is 7.92. The van der Waals surface area contributed by atoms with Gasteiger partial charge >= 0.3 is 0 Å². The van der Waals surface area contributed by atoms with Crippen LogP contribution in [0.5, 0.6) is 0 Å². The van der Waals surface area contributed by atoms with Crippen LogP contribution in [-0.4, -0.2) is 19.3 Å². The number of carbonyl (C=O) groups is 1. The van der Waals surface area contributed by atoms with Crippen molar-refractivity contribution >= 4 is 38.9 Å². The molecule has 0 aliphatic rings. The number of H-pyrrole nitrogens is 1. The van der Waals surface area contributed by atoms with Crippen molar-refractivity contribution in [2.75, 3.05) is 10.0 Å². The molecule has 3 N–H and O–H groups in total. The number of benzene rings is 3. The van der Waals surface area contributed by atoms with Gasteiger partial charge in [-0.1, -0.05) is 48.0 Å². The average molecular weight is 494 g/mol. The lowest BCUT2D eigenvalue weighted by Gasteiger charge is -2.13. The van der Waals surface area contributed by atoms with E-state index in [1.165, 1.54) is 12.1 Å². The lowest BCUT2D eigenvalue weighted by molar-refractivity contribution is 0.102. The largest absolute Gasteiger partial charge is 0.322 e. The maximum atomic E-state index is 12.9. The van der Waals surface area contributed by atoms with E-state index >= 15 is 0 Å². The normalized spacial score (nSPS) is 11.1. The Morgan fingerprint density at radius 2 is 1.56 bits per heavy atom. The minimum absolute atomic E-state index is 0.00594. The predicted octanol–water partition coefficient (Wildman–Crippen LogP) is 5.06. The van der Waals surface area contributed by atoms with Crippen molar-refractivity contribution < 1.29 is 13.2 Å². The summed E-state index contributed by atoms with van der Waals surface area (Å²) < 4.78 is 28.4. The molecule has 0 saturated heterocycles. The Kier molecular flexibility index (Phi) is 6.54. The van der Waals surface area contributed by atoms with Gasteiger partial charge in [0.05, 0.1) is 4.90 Å². The zero-order valence-electron chi connectivity index (χ0n) is 18.0. The van der Waals surface area contributed by atoms with E-state index in [1.54, 1.807) is 49.4 Å². The minimum atomic E-state index is -3.94. The number of aromatic amines is 1. The Hall–Kier alpha value is -3.88. The Bertz CT molecular complexity index is 1520. The molecule has 4 rings (SSSR count). The van der Waals surface area contributed by atoms with E-state index in [0.717, 1.165) is 5.56 Å². The molecule has 0 fully saturated rings. The van der Waals surface area contributed by atoms with E-state index in [2.05, 4.69) is 15.0 Å². The van der Waals surface area contributed by atoms with Gasteiger partial charge in [-0.25, -0.2) is 8.42 Å². The first-order chi connectivity index (χ1) is 16.2. The van der Waals surface area contributed by atoms with Gasteiger partial charge in [0.25, 0.3) is 21.5 Å². The van der Waals surface area contributed by atoms with Crippen molar-refractivity contribution in [3.05, 3.63) is 111 Å². The maximum absolute atomic E-state index is 12.9. The SMILES string of the molecule is Cc1ccc(NC(=O)c2ccc(-c3ccccc3)[nH]c2=O)cc1S(=O)(=O)Nc1ccc(Cl)cc1. The molecule has 1 aromatic heterocycles. The Labute approximate surface area is 201 Å². The monoisotopic (exact) mass is 493 g/mol. The molecular weight excluding hydrogens is 474 g/mol. The molecule has 0 spiro atoms. The summed E-state index contributed by atoms with van der Waals surface area (Å²) in [5.41, 5.74) is 1.82. The van der Waals surface area contributed by atoms with Crippen molar-refractivity contribution in [3.63, 3.8) is 0 Å². The molecule has 0 unspecified atom stereocenters. The molecule has 0 aliphatic carbocycles. The van der Waals surface area contributed by atoms with Gasteiger partial charge < -0.3 is 10.3 Å². The smallest absolute Gasteiger partial charge is 0.262 e. The van der Waals surface area contributed by atoms with Crippen molar-refractivity contribution in [2.45, 2.75) is 11.8 Å². The highest BCUT2D eigenvalue weighted by Crippen LogP contribution is 2.24. The molecule has 0 atom stereocenters. The molecule has 0 bridgehead atoms. The van der Waals surface area contributed by atoms with Gasteiger partial charge in [-0.3, -0.25) is 14.3 Å². The molecule has 0 aliphatic heterocycles. The number of hydrogen-bond acceptors (Lipinski definition) is 4. The van der Waals surface area contributed by atoms with Crippen molar-refractivity contribution in [2.24, 2.45) is 0 Å². The van der Waals surface area contributed by atoms with Crippen LogP contribution in [0.2, 0.25) is 5.02 Å². The van der Waals surface area contributed by atoms with Gasteiger partial charge in [-0.05, 0) is 66.6 Å². The molecule has 3 aromatic carbocycles. The van der Waals surface area contributed by atoms with Crippen molar-refractivity contribution in [1.82, 2.24) is 4.98 Å². The molecule has 4 aromatic rings. The molecule has 172 valence electrons. The van der Waals surface area contributed by atoms with E-state index in [0.29, 0.717) is 22.0 Å². The fraction of sp³-hybridized carbons (Fsp3) is 0.0400. The van der Waals surface area contributed by atoms with Crippen LogP contribution >= 0.6 is 11.6 Å². The van der Waals surface area contributed by atoms with Gasteiger partial charge in [-0.2, -0.15) is 0 Å². The lowest BCUT2D eigenvalue weighted by Crippen LogP contribution is -2.23. The second-order valence-electron chi connectivity index (χ2n) is 7.53. The van der Waals surface area contributed by atoms with E-state index < -0.39 is 21.5 Å². The first kappa shape index (κ1) is 23.3. The fourth-order valence-electron chi connectivity index (χ4n) is 3.33. The van der Waals surface area contributed by atoms with Crippen molar-refractivity contribution in [3.8, 4) is 11.3 Å². The topological polar surface area (TPSA) is 108 Å². The highest BCUT2D eigenvalue weighted by atomic mass is 35.5. The molecule has 1 amide bonds. The molecule has 1 heterocycles. The first-order valence-corrected chi connectivity index (χ1v) is 12.1. The summed E-state index contributed by atoms with van der Waals surface area (Å²) >= 11 is 5.85. The third-order valence-corrected chi connectivity index (χ3v) is 6.85. The van der Waals surface area contributed by atoms with E-state index in [9.17, 15) is 18.0 Å². The van der Waals surface area contributed by atoms with Crippen molar-refractivity contribution in [1.29, 1.82) is 0 Å². The fourth-order valence-corrected chi connectivity index (χ4v) is 4.79. The van der Waals surface area contributed by atoms with Gasteiger partial charge in [-0.15, -0.1) is 0 Å². The minimum Gasteiger partial charge on any atom is -0.322 e. The maximum Gasteiger partial charge on any atom is 0.262 e. The molecule has 34 heavy (non-hydrogen) atoms. The van der Waals surface area contributed by atoms with Gasteiger partial charge in [0.2, 0.25) is 0 Å². The number of halogens is 1. The number of aryl methyl sites for hydroxylation is 1. The van der Waals surface area contributed by atoms with Crippen LogP contribution in [0.1, 0.15) is 15.9 Å². The number of hydrogen-bond donors (Lipinski definition) is 3. The average Bonchev–Trinajstić information content (AvgIpc) is 2.82. The number of amides is 1. The number of carbonyl (C=O) groups excluding carboxylic acids is 1. The highest BCUT2D eigenvalue weighted by Gasteiger charge is 2.19. The Balaban J connectivity index is 1.57.